The number of rotatable bonds is 10. The standard InChI is InChI=1S/C16H27NO2/c1-4-11-17-13-14(6-3)19-16-10-8-7-9-15(16)18-12-5-2/h7-10,14,17H,4-6,11-13H2,1-3H3. The maximum absolute atomic E-state index is 6.05. The smallest absolute Gasteiger partial charge is 0.161 e. The molecule has 108 valence electrons. The summed E-state index contributed by atoms with van der Waals surface area (Å²) in [6.07, 6.45) is 3.33. The van der Waals surface area contributed by atoms with Crippen LogP contribution in [0.1, 0.15) is 40.0 Å². The number of benzene rings is 1. The summed E-state index contributed by atoms with van der Waals surface area (Å²) in [4.78, 5) is 0. The molecule has 0 saturated heterocycles. The quantitative estimate of drug-likeness (QED) is 0.655. The summed E-state index contributed by atoms with van der Waals surface area (Å²) in [5.41, 5.74) is 0. The molecule has 0 aliphatic carbocycles. The summed E-state index contributed by atoms with van der Waals surface area (Å²) in [6.45, 7) is 9.06. The van der Waals surface area contributed by atoms with Crippen molar-refractivity contribution in [2.75, 3.05) is 19.7 Å². The van der Waals surface area contributed by atoms with Gasteiger partial charge in [-0.05, 0) is 37.9 Å². The highest BCUT2D eigenvalue weighted by atomic mass is 16.5. The summed E-state index contributed by atoms with van der Waals surface area (Å²) in [7, 11) is 0. The third kappa shape index (κ3) is 5.97. The van der Waals surface area contributed by atoms with Gasteiger partial charge in [0.2, 0.25) is 0 Å². The largest absolute Gasteiger partial charge is 0.490 e. The van der Waals surface area contributed by atoms with E-state index >= 15 is 0 Å². The number of hydrogen-bond acceptors (Lipinski definition) is 3. The molecule has 0 radical (unpaired) electrons. The van der Waals surface area contributed by atoms with Crippen LogP contribution < -0.4 is 14.8 Å². The van der Waals surface area contributed by atoms with E-state index < -0.39 is 0 Å². The molecule has 1 unspecified atom stereocenters. The van der Waals surface area contributed by atoms with Crippen LogP contribution in [0, 0.1) is 0 Å². The number of para-hydroxylation sites is 2. The molecule has 0 aromatic heterocycles. The van der Waals surface area contributed by atoms with Crippen LogP contribution in [0.5, 0.6) is 11.5 Å². The summed E-state index contributed by atoms with van der Waals surface area (Å²) in [5.74, 6) is 1.69. The van der Waals surface area contributed by atoms with Crippen molar-refractivity contribution in [3.8, 4) is 11.5 Å². The van der Waals surface area contributed by atoms with E-state index in [2.05, 4.69) is 26.1 Å². The van der Waals surface area contributed by atoms with Gasteiger partial charge in [0, 0.05) is 6.54 Å². The first-order valence-corrected chi connectivity index (χ1v) is 7.40. The molecule has 0 amide bonds. The van der Waals surface area contributed by atoms with E-state index in [9.17, 15) is 0 Å². The van der Waals surface area contributed by atoms with E-state index in [1.807, 2.05) is 24.3 Å². The van der Waals surface area contributed by atoms with Crippen molar-refractivity contribution in [2.24, 2.45) is 0 Å². The summed E-state index contributed by atoms with van der Waals surface area (Å²) in [6, 6.07) is 7.92. The van der Waals surface area contributed by atoms with Crippen LogP contribution in [-0.2, 0) is 0 Å². The number of ether oxygens (including phenoxy) is 2. The molecule has 0 aliphatic rings. The van der Waals surface area contributed by atoms with Crippen LogP contribution in [-0.4, -0.2) is 25.8 Å². The van der Waals surface area contributed by atoms with Crippen LogP contribution in [0.15, 0.2) is 24.3 Å². The van der Waals surface area contributed by atoms with E-state index in [1.54, 1.807) is 0 Å². The van der Waals surface area contributed by atoms with Gasteiger partial charge in [0.1, 0.15) is 6.10 Å². The summed E-state index contributed by atoms with van der Waals surface area (Å²) < 4.78 is 11.8. The van der Waals surface area contributed by atoms with Gasteiger partial charge in [-0.15, -0.1) is 0 Å². The summed E-state index contributed by atoms with van der Waals surface area (Å²) in [5, 5.41) is 3.40. The van der Waals surface area contributed by atoms with Gasteiger partial charge in [-0.1, -0.05) is 32.9 Å². The van der Waals surface area contributed by atoms with Crippen LogP contribution in [0.2, 0.25) is 0 Å². The zero-order chi connectivity index (χ0) is 13.9. The highest BCUT2D eigenvalue weighted by Gasteiger charge is 2.11. The first-order valence-electron chi connectivity index (χ1n) is 7.40. The van der Waals surface area contributed by atoms with Gasteiger partial charge in [0.25, 0.3) is 0 Å². The van der Waals surface area contributed by atoms with Crippen molar-refractivity contribution in [3.63, 3.8) is 0 Å². The fourth-order valence-corrected chi connectivity index (χ4v) is 1.77. The van der Waals surface area contributed by atoms with Crippen molar-refractivity contribution in [1.29, 1.82) is 0 Å². The minimum absolute atomic E-state index is 0.193. The van der Waals surface area contributed by atoms with Gasteiger partial charge < -0.3 is 14.8 Å². The Bertz CT molecular complexity index is 341. The molecule has 0 saturated carbocycles. The molecule has 0 heterocycles. The Kier molecular flexibility index (Phi) is 8.07. The predicted octanol–water partition coefficient (Wildman–Crippen LogP) is 3.63. The van der Waals surface area contributed by atoms with Gasteiger partial charge in [-0.25, -0.2) is 0 Å². The maximum atomic E-state index is 6.05. The van der Waals surface area contributed by atoms with Crippen molar-refractivity contribution >= 4 is 0 Å². The lowest BCUT2D eigenvalue weighted by Crippen LogP contribution is -2.31. The molecule has 3 nitrogen and oxygen atoms in total. The van der Waals surface area contributed by atoms with Gasteiger partial charge in [-0.3, -0.25) is 0 Å². The Balaban J connectivity index is 2.57. The van der Waals surface area contributed by atoms with Crippen LogP contribution >= 0.6 is 0 Å². The minimum atomic E-state index is 0.193. The molecule has 3 heteroatoms. The van der Waals surface area contributed by atoms with Crippen molar-refractivity contribution < 1.29 is 9.47 Å². The minimum Gasteiger partial charge on any atom is -0.490 e. The monoisotopic (exact) mass is 265 g/mol. The van der Waals surface area contributed by atoms with E-state index in [0.717, 1.165) is 50.5 Å². The molecular weight excluding hydrogens is 238 g/mol. The highest BCUT2D eigenvalue weighted by molar-refractivity contribution is 5.39. The van der Waals surface area contributed by atoms with Gasteiger partial charge in [0.05, 0.1) is 6.61 Å². The molecule has 1 atom stereocenters. The van der Waals surface area contributed by atoms with Crippen LogP contribution in [0.25, 0.3) is 0 Å². The molecule has 1 aromatic carbocycles. The normalized spacial score (nSPS) is 12.2. The second-order valence-corrected chi connectivity index (χ2v) is 4.65. The van der Waals surface area contributed by atoms with Gasteiger partial charge in [-0.2, -0.15) is 0 Å². The third-order valence-corrected chi connectivity index (χ3v) is 2.86. The number of nitrogens with one attached hydrogen (secondary N) is 1. The first kappa shape index (κ1) is 15.8. The molecule has 1 aromatic rings. The second kappa shape index (κ2) is 9.68. The predicted molar refractivity (Wildman–Crippen MR) is 80.1 cm³/mol. The Morgan fingerprint density at radius 1 is 1.05 bits per heavy atom. The van der Waals surface area contributed by atoms with Crippen molar-refractivity contribution in [2.45, 2.75) is 46.1 Å². The lowest BCUT2D eigenvalue weighted by atomic mass is 10.2. The fourth-order valence-electron chi connectivity index (χ4n) is 1.77. The molecule has 0 spiro atoms. The molecule has 0 fully saturated rings. The van der Waals surface area contributed by atoms with Crippen molar-refractivity contribution in [3.05, 3.63) is 24.3 Å². The van der Waals surface area contributed by atoms with E-state index in [0.29, 0.717) is 0 Å². The Morgan fingerprint density at radius 3 is 2.42 bits per heavy atom. The van der Waals surface area contributed by atoms with Crippen molar-refractivity contribution in [1.82, 2.24) is 5.32 Å². The fraction of sp³-hybridized carbons (Fsp3) is 0.625. The Labute approximate surface area is 117 Å². The molecular formula is C16H27NO2. The van der Waals surface area contributed by atoms with Gasteiger partial charge >= 0.3 is 0 Å². The third-order valence-electron chi connectivity index (χ3n) is 2.86. The molecule has 0 aliphatic heterocycles. The average Bonchev–Trinajstić information content (AvgIpc) is 2.45. The number of hydrogen-bond donors (Lipinski definition) is 1. The van der Waals surface area contributed by atoms with E-state index in [-0.39, 0.29) is 6.10 Å². The molecule has 0 bridgehead atoms. The lowest BCUT2D eigenvalue weighted by molar-refractivity contribution is 0.181. The highest BCUT2D eigenvalue weighted by Crippen LogP contribution is 2.27. The van der Waals surface area contributed by atoms with Crippen LogP contribution in [0.4, 0.5) is 0 Å². The van der Waals surface area contributed by atoms with E-state index in [4.69, 9.17) is 9.47 Å². The molecule has 1 N–H and O–H groups in total. The second-order valence-electron chi connectivity index (χ2n) is 4.65. The maximum Gasteiger partial charge on any atom is 0.161 e. The summed E-state index contributed by atoms with van der Waals surface area (Å²) >= 11 is 0. The van der Waals surface area contributed by atoms with Crippen LogP contribution in [0.3, 0.4) is 0 Å². The topological polar surface area (TPSA) is 30.5 Å². The average molecular weight is 265 g/mol. The SMILES string of the molecule is CCCNCC(CC)Oc1ccccc1OCCC. The zero-order valence-electron chi connectivity index (χ0n) is 12.4. The molecule has 1 rings (SSSR count). The van der Waals surface area contributed by atoms with E-state index in [1.165, 1.54) is 0 Å². The lowest BCUT2D eigenvalue weighted by Gasteiger charge is -2.20. The first-order chi connectivity index (χ1) is 9.31. The van der Waals surface area contributed by atoms with Gasteiger partial charge in [0.15, 0.2) is 11.5 Å². The molecule has 19 heavy (non-hydrogen) atoms. The Morgan fingerprint density at radius 2 is 1.79 bits per heavy atom. The Hall–Kier alpha value is -1.22. The zero-order valence-corrected chi connectivity index (χ0v) is 12.4.